The summed E-state index contributed by atoms with van der Waals surface area (Å²) in [7, 11) is 0. The van der Waals surface area contributed by atoms with Gasteiger partial charge in [0.15, 0.2) is 0 Å². The minimum absolute atomic E-state index is 0.674. The average Bonchev–Trinajstić information content (AvgIpc) is 2.70. The van der Waals surface area contributed by atoms with Crippen LogP contribution in [0.15, 0.2) is 24.3 Å². The number of nitrogens with one attached hydrogen (secondary N) is 1. The van der Waals surface area contributed by atoms with E-state index in [0.717, 1.165) is 23.0 Å². The first-order valence-corrected chi connectivity index (χ1v) is 7.62. The molecule has 0 aliphatic heterocycles. The fourth-order valence-electron chi connectivity index (χ4n) is 3.51. The van der Waals surface area contributed by atoms with Crippen LogP contribution in [0.2, 0.25) is 5.02 Å². The predicted molar refractivity (Wildman–Crippen MR) is 77.2 cm³/mol. The largest absolute Gasteiger partial charge is 0.311 e. The summed E-state index contributed by atoms with van der Waals surface area (Å²) in [4.78, 5) is 0. The standard InChI is InChI=1S/C16H22ClN/c1-11-5-4-8-16(11)18-13-9-12(10-13)14-6-2-3-7-15(14)17/h2-3,6-7,11-13,16,18H,4-5,8-10H2,1H3. The van der Waals surface area contributed by atoms with Crippen molar-refractivity contribution in [1.82, 2.24) is 5.32 Å². The van der Waals surface area contributed by atoms with Gasteiger partial charge in [0.1, 0.15) is 0 Å². The van der Waals surface area contributed by atoms with Crippen molar-refractivity contribution in [2.24, 2.45) is 5.92 Å². The van der Waals surface area contributed by atoms with Crippen LogP contribution in [-0.4, -0.2) is 12.1 Å². The van der Waals surface area contributed by atoms with Crippen LogP contribution in [0.4, 0.5) is 0 Å². The molecule has 18 heavy (non-hydrogen) atoms. The number of hydrogen-bond donors (Lipinski definition) is 1. The highest BCUT2D eigenvalue weighted by Crippen LogP contribution is 2.41. The molecule has 0 aromatic heterocycles. The van der Waals surface area contributed by atoms with Gasteiger partial charge in [0.25, 0.3) is 0 Å². The molecule has 2 unspecified atom stereocenters. The molecule has 0 amide bonds. The molecular weight excluding hydrogens is 242 g/mol. The van der Waals surface area contributed by atoms with E-state index in [0.29, 0.717) is 5.92 Å². The van der Waals surface area contributed by atoms with Crippen molar-refractivity contribution in [1.29, 1.82) is 0 Å². The monoisotopic (exact) mass is 263 g/mol. The molecule has 98 valence electrons. The van der Waals surface area contributed by atoms with Crippen molar-refractivity contribution in [3.63, 3.8) is 0 Å². The maximum Gasteiger partial charge on any atom is 0.0440 e. The Hall–Kier alpha value is -0.530. The minimum Gasteiger partial charge on any atom is -0.311 e. The average molecular weight is 264 g/mol. The van der Waals surface area contributed by atoms with E-state index >= 15 is 0 Å². The highest BCUT2D eigenvalue weighted by Gasteiger charge is 2.34. The molecule has 0 bridgehead atoms. The second-order valence-electron chi connectivity index (χ2n) is 6.07. The molecule has 2 saturated carbocycles. The molecule has 2 aliphatic carbocycles. The van der Waals surface area contributed by atoms with Crippen molar-refractivity contribution in [2.75, 3.05) is 0 Å². The zero-order valence-corrected chi connectivity index (χ0v) is 11.8. The second-order valence-corrected chi connectivity index (χ2v) is 6.48. The lowest BCUT2D eigenvalue weighted by molar-refractivity contribution is 0.247. The Kier molecular flexibility index (Phi) is 3.63. The summed E-state index contributed by atoms with van der Waals surface area (Å²) < 4.78 is 0. The number of halogens is 1. The molecule has 2 aliphatic rings. The van der Waals surface area contributed by atoms with Crippen LogP contribution in [0, 0.1) is 5.92 Å². The molecule has 2 fully saturated rings. The van der Waals surface area contributed by atoms with Crippen molar-refractivity contribution in [3.8, 4) is 0 Å². The van der Waals surface area contributed by atoms with E-state index in [1.54, 1.807) is 0 Å². The van der Waals surface area contributed by atoms with Crippen LogP contribution in [0.25, 0.3) is 0 Å². The van der Waals surface area contributed by atoms with Crippen LogP contribution in [0.1, 0.15) is 50.5 Å². The van der Waals surface area contributed by atoms with Gasteiger partial charge in [-0.3, -0.25) is 0 Å². The van der Waals surface area contributed by atoms with Crippen LogP contribution in [-0.2, 0) is 0 Å². The SMILES string of the molecule is CC1CCCC1NC1CC(c2ccccc2Cl)C1. The molecule has 1 aromatic carbocycles. The number of hydrogen-bond acceptors (Lipinski definition) is 1. The number of rotatable bonds is 3. The Morgan fingerprint density at radius 1 is 1.17 bits per heavy atom. The van der Waals surface area contributed by atoms with Crippen LogP contribution in [0.5, 0.6) is 0 Å². The van der Waals surface area contributed by atoms with Gasteiger partial charge in [-0.25, -0.2) is 0 Å². The first-order chi connectivity index (χ1) is 8.74. The maximum atomic E-state index is 6.25. The second kappa shape index (κ2) is 5.22. The third-order valence-corrected chi connectivity index (χ3v) is 5.14. The van der Waals surface area contributed by atoms with Crippen LogP contribution >= 0.6 is 11.6 Å². The van der Waals surface area contributed by atoms with Crippen molar-refractivity contribution in [2.45, 2.75) is 57.0 Å². The van der Waals surface area contributed by atoms with E-state index in [9.17, 15) is 0 Å². The van der Waals surface area contributed by atoms with Gasteiger partial charge in [0.2, 0.25) is 0 Å². The lowest BCUT2D eigenvalue weighted by Gasteiger charge is -2.39. The van der Waals surface area contributed by atoms with Crippen LogP contribution in [0.3, 0.4) is 0 Å². The molecule has 2 heteroatoms. The van der Waals surface area contributed by atoms with E-state index in [-0.39, 0.29) is 0 Å². The molecular formula is C16H22ClN. The Labute approximate surface area is 115 Å². The topological polar surface area (TPSA) is 12.0 Å². The third kappa shape index (κ3) is 2.44. The van der Waals surface area contributed by atoms with Gasteiger partial charge < -0.3 is 5.32 Å². The molecule has 0 spiro atoms. The van der Waals surface area contributed by atoms with E-state index in [1.165, 1.54) is 37.7 Å². The summed E-state index contributed by atoms with van der Waals surface area (Å²) in [5.41, 5.74) is 1.34. The predicted octanol–water partition coefficient (Wildman–Crippen LogP) is 4.36. The lowest BCUT2D eigenvalue weighted by Crippen LogP contribution is -2.46. The van der Waals surface area contributed by atoms with Gasteiger partial charge in [-0.2, -0.15) is 0 Å². The quantitative estimate of drug-likeness (QED) is 0.854. The third-order valence-electron chi connectivity index (χ3n) is 4.79. The maximum absolute atomic E-state index is 6.25. The van der Waals surface area contributed by atoms with E-state index in [1.807, 2.05) is 12.1 Å². The summed E-state index contributed by atoms with van der Waals surface area (Å²) in [5, 5.41) is 4.78. The Bertz CT molecular complexity index is 411. The Morgan fingerprint density at radius 3 is 2.61 bits per heavy atom. The van der Waals surface area contributed by atoms with Crippen molar-refractivity contribution >= 4 is 11.6 Å². The lowest BCUT2D eigenvalue weighted by atomic mass is 9.75. The normalized spacial score (nSPS) is 35.4. The zero-order chi connectivity index (χ0) is 12.5. The van der Waals surface area contributed by atoms with Gasteiger partial charge in [0.05, 0.1) is 0 Å². The van der Waals surface area contributed by atoms with Crippen LogP contribution < -0.4 is 5.32 Å². The van der Waals surface area contributed by atoms with Crippen molar-refractivity contribution in [3.05, 3.63) is 34.9 Å². The highest BCUT2D eigenvalue weighted by molar-refractivity contribution is 6.31. The summed E-state index contributed by atoms with van der Waals surface area (Å²) in [6.07, 6.45) is 6.69. The molecule has 1 N–H and O–H groups in total. The summed E-state index contributed by atoms with van der Waals surface area (Å²) >= 11 is 6.25. The number of benzene rings is 1. The Balaban J connectivity index is 1.53. The Morgan fingerprint density at radius 2 is 1.94 bits per heavy atom. The van der Waals surface area contributed by atoms with Gasteiger partial charge in [0, 0.05) is 17.1 Å². The van der Waals surface area contributed by atoms with Gasteiger partial charge in [-0.05, 0) is 49.1 Å². The summed E-state index contributed by atoms with van der Waals surface area (Å²) in [5.74, 6) is 1.54. The van der Waals surface area contributed by atoms with E-state index < -0.39 is 0 Å². The van der Waals surface area contributed by atoms with Gasteiger partial charge in [-0.15, -0.1) is 0 Å². The molecule has 0 saturated heterocycles. The van der Waals surface area contributed by atoms with Gasteiger partial charge >= 0.3 is 0 Å². The molecule has 1 nitrogen and oxygen atoms in total. The van der Waals surface area contributed by atoms with E-state index in [2.05, 4.69) is 24.4 Å². The van der Waals surface area contributed by atoms with Crippen molar-refractivity contribution < 1.29 is 0 Å². The summed E-state index contributed by atoms with van der Waals surface area (Å²) in [6, 6.07) is 9.79. The fraction of sp³-hybridized carbons (Fsp3) is 0.625. The molecule has 2 atom stereocenters. The fourth-order valence-corrected chi connectivity index (χ4v) is 3.80. The smallest absolute Gasteiger partial charge is 0.0440 e. The highest BCUT2D eigenvalue weighted by atomic mass is 35.5. The molecule has 0 heterocycles. The first kappa shape index (κ1) is 12.5. The summed E-state index contributed by atoms with van der Waals surface area (Å²) in [6.45, 7) is 2.38. The molecule has 1 aromatic rings. The van der Waals surface area contributed by atoms with Gasteiger partial charge in [-0.1, -0.05) is 43.1 Å². The first-order valence-electron chi connectivity index (χ1n) is 7.24. The molecule has 3 rings (SSSR count). The minimum atomic E-state index is 0.674. The van der Waals surface area contributed by atoms with E-state index in [4.69, 9.17) is 11.6 Å². The zero-order valence-electron chi connectivity index (χ0n) is 11.0. The molecule has 0 radical (unpaired) electrons.